The molecule has 3 nitrogen and oxygen atoms in total. The minimum absolute atomic E-state index is 0.109. The largest absolute Gasteiger partial charge is 0.369 e. The zero-order valence-corrected chi connectivity index (χ0v) is 14.7. The first-order valence-corrected chi connectivity index (χ1v) is 9.83. The standard InChI is InChI=1S/C18H27FN2OS/c1-23-22-13-16-3-2-4-17(18(16)19)21-11-7-15(8-12-21)14-5-9-20-10-6-14/h2-4,14-15,20H,5-13H2,1H3. The number of halogens is 1. The number of nitrogens with one attached hydrogen (secondary N) is 1. The topological polar surface area (TPSA) is 24.5 Å². The first-order chi connectivity index (χ1) is 11.3. The van der Waals surface area contributed by atoms with Crippen LogP contribution in [0.25, 0.3) is 0 Å². The normalized spacial score (nSPS) is 20.9. The van der Waals surface area contributed by atoms with Gasteiger partial charge in [-0.2, -0.15) is 0 Å². The van der Waals surface area contributed by atoms with Gasteiger partial charge in [-0.1, -0.05) is 12.1 Å². The molecule has 0 bridgehead atoms. The molecule has 1 N–H and O–H groups in total. The Morgan fingerprint density at radius 3 is 2.57 bits per heavy atom. The van der Waals surface area contributed by atoms with Crippen molar-refractivity contribution in [1.82, 2.24) is 5.32 Å². The lowest BCUT2D eigenvalue weighted by atomic mass is 9.79. The number of hydrogen-bond donors (Lipinski definition) is 1. The zero-order valence-electron chi connectivity index (χ0n) is 13.9. The molecule has 23 heavy (non-hydrogen) atoms. The molecular formula is C18H27FN2OS. The second kappa shape index (κ2) is 8.36. The molecule has 0 spiro atoms. The zero-order chi connectivity index (χ0) is 16.1. The van der Waals surface area contributed by atoms with Gasteiger partial charge in [-0.3, -0.25) is 0 Å². The Balaban J connectivity index is 1.61. The van der Waals surface area contributed by atoms with Crippen molar-refractivity contribution in [2.45, 2.75) is 32.3 Å². The van der Waals surface area contributed by atoms with Crippen LogP contribution < -0.4 is 10.2 Å². The highest BCUT2D eigenvalue weighted by molar-refractivity contribution is 7.93. The van der Waals surface area contributed by atoms with E-state index in [1.807, 2.05) is 24.5 Å². The van der Waals surface area contributed by atoms with Crippen LogP contribution in [-0.2, 0) is 10.8 Å². The van der Waals surface area contributed by atoms with E-state index < -0.39 is 0 Å². The van der Waals surface area contributed by atoms with Gasteiger partial charge in [0.2, 0.25) is 0 Å². The summed E-state index contributed by atoms with van der Waals surface area (Å²) in [5.74, 6) is 1.57. The summed E-state index contributed by atoms with van der Waals surface area (Å²) < 4.78 is 20.0. The van der Waals surface area contributed by atoms with Gasteiger partial charge in [0.15, 0.2) is 5.82 Å². The molecule has 2 aliphatic heterocycles. The maximum Gasteiger partial charge on any atom is 0.152 e. The van der Waals surface area contributed by atoms with Crippen LogP contribution >= 0.6 is 12.0 Å². The maximum atomic E-state index is 14.7. The number of benzene rings is 1. The van der Waals surface area contributed by atoms with Crippen molar-refractivity contribution in [3.63, 3.8) is 0 Å². The summed E-state index contributed by atoms with van der Waals surface area (Å²) in [5, 5.41) is 3.45. The highest BCUT2D eigenvalue weighted by Crippen LogP contribution is 2.33. The first kappa shape index (κ1) is 17.1. The van der Waals surface area contributed by atoms with Gasteiger partial charge in [0.25, 0.3) is 0 Å². The van der Waals surface area contributed by atoms with Crippen molar-refractivity contribution >= 4 is 17.7 Å². The molecule has 2 heterocycles. The monoisotopic (exact) mass is 338 g/mol. The van der Waals surface area contributed by atoms with Gasteiger partial charge in [0.05, 0.1) is 12.3 Å². The van der Waals surface area contributed by atoms with Gasteiger partial charge in [-0.05, 0) is 68.7 Å². The maximum absolute atomic E-state index is 14.7. The molecule has 2 aliphatic rings. The Kier molecular flexibility index (Phi) is 6.20. The minimum atomic E-state index is -0.109. The van der Waals surface area contributed by atoms with E-state index in [0.29, 0.717) is 12.2 Å². The number of rotatable bonds is 5. The van der Waals surface area contributed by atoms with Crippen molar-refractivity contribution < 1.29 is 8.57 Å². The lowest BCUT2D eigenvalue weighted by Gasteiger charge is -2.39. The first-order valence-electron chi connectivity index (χ1n) is 8.68. The average molecular weight is 338 g/mol. The number of hydrogen-bond acceptors (Lipinski definition) is 4. The van der Waals surface area contributed by atoms with Crippen molar-refractivity contribution in [3.05, 3.63) is 29.6 Å². The van der Waals surface area contributed by atoms with Crippen LogP contribution in [0, 0.1) is 17.7 Å². The molecule has 0 unspecified atom stereocenters. The molecule has 1 aromatic rings. The van der Waals surface area contributed by atoms with Gasteiger partial charge in [0.1, 0.15) is 0 Å². The fourth-order valence-corrected chi connectivity index (χ4v) is 4.22. The van der Waals surface area contributed by atoms with E-state index in [4.69, 9.17) is 4.18 Å². The van der Waals surface area contributed by atoms with Crippen LogP contribution in [0.3, 0.4) is 0 Å². The van der Waals surface area contributed by atoms with Crippen molar-refractivity contribution in [3.8, 4) is 0 Å². The van der Waals surface area contributed by atoms with Crippen LogP contribution in [0.5, 0.6) is 0 Å². The molecule has 0 amide bonds. The van der Waals surface area contributed by atoms with Crippen LogP contribution in [0.15, 0.2) is 18.2 Å². The lowest BCUT2D eigenvalue weighted by molar-refractivity contribution is 0.221. The highest BCUT2D eigenvalue weighted by Gasteiger charge is 2.28. The van der Waals surface area contributed by atoms with Crippen LogP contribution in [0.1, 0.15) is 31.2 Å². The van der Waals surface area contributed by atoms with E-state index in [1.165, 1.54) is 37.7 Å². The fraction of sp³-hybridized carbons (Fsp3) is 0.667. The van der Waals surface area contributed by atoms with Crippen LogP contribution in [0.4, 0.5) is 10.1 Å². The Morgan fingerprint density at radius 1 is 1.17 bits per heavy atom. The predicted octanol–water partition coefficient (Wildman–Crippen LogP) is 3.84. The molecule has 0 aliphatic carbocycles. The van der Waals surface area contributed by atoms with E-state index in [9.17, 15) is 4.39 Å². The van der Waals surface area contributed by atoms with Crippen LogP contribution in [-0.4, -0.2) is 32.4 Å². The van der Waals surface area contributed by atoms with Gasteiger partial charge in [-0.25, -0.2) is 4.39 Å². The Hall–Kier alpha value is -0.780. The third kappa shape index (κ3) is 4.20. The van der Waals surface area contributed by atoms with E-state index in [0.717, 1.165) is 43.7 Å². The smallest absolute Gasteiger partial charge is 0.152 e. The molecule has 0 radical (unpaired) electrons. The second-order valence-corrected chi connectivity index (χ2v) is 7.16. The number of anilines is 1. The van der Waals surface area contributed by atoms with E-state index in [1.54, 1.807) is 0 Å². The Bertz CT molecular complexity index is 500. The van der Waals surface area contributed by atoms with Crippen molar-refractivity contribution in [2.75, 3.05) is 37.3 Å². The highest BCUT2D eigenvalue weighted by atomic mass is 32.2. The summed E-state index contributed by atoms with van der Waals surface area (Å²) in [6.45, 7) is 4.59. The van der Waals surface area contributed by atoms with Crippen molar-refractivity contribution in [1.29, 1.82) is 0 Å². The van der Waals surface area contributed by atoms with Gasteiger partial charge in [-0.15, -0.1) is 0 Å². The van der Waals surface area contributed by atoms with Gasteiger partial charge in [0, 0.05) is 24.9 Å². The molecule has 2 saturated heterocycles. The van der Waals surface area contributed by atoms with E-state index >= 15 is 0 Å². The molecule has 0 atom stereocenters. The minimum Gasteiger partial charge on any atom is -0.369 e. The fourth-order valence-electron chi connectivity index (χ4n) is 3.97. The summed E-state index contributed by atoms with van der Waals surface area (Å²) in [4.78, 5) is 2.22. The average Bonchev–Trinajstić information content (AvgIpc) is 2.62. The molecule has 2 fully saturated rings. The summed E-state index contributed by atoms with van der Waals surface area (Å²) in [6.07, 6.45) is 6.85. The number of piperidine rings is 2. The Labute approximate surface area is 143 Å². The third-order valence-electron chi connectivity index (χ3n) is 5.32. The third-order valence-corrected chi connectivity index (χ3v) is 5.67. The summed E-state index contributed by atoms with van der Waals surface area (Å²) >= 11 is 1.28. The lowest BCUT2D eigenvalue weighted by Crippen LogP contribution is -2.39. The summed E-state index contributed by atoms with van der Waals surface area (Å²) in [5.41, 5.74) is 1.40. The molecule has 3 rings (SSSR count). The second-order valence-electron chi connectivity index (χ2n) is 6.59. The van der Waals surface area contributed by atoms with Gasteiger partial charge >= 0.3 is 0 Å². The molecule has 1 aromatic carbocycles. The molecule has 5 heteroatoms. The van der Waals surface area contributed by atoms with E-state index in [2.05, 4.69) is 10.2 Å². The quantitative estimate of drug-likeness (QED) is 0.825. The number of nitrogens with zero attached hydrogens (tertiary/aromatic N) is 1. The SMILES string of the molecule is CSOCc1cccc(N2CCC(C3CCNCC3)CC2)c1F. The van der Waals surface area contributed by atoms with E-state index in [-0.39, 0.29) is 5.82 Å². The summed E-state index contributed by atoms with van der Waals surface area (Å²) in [6, 6.07) is 5.66. The van der Waals surface area contributed by atoms with Crippen LogP contribution in [0.2, 0.25) is 0 Å². The summed E-state index contributed by atoms with van der Waals surface area (Å²) in [7, 11) is 0. The van der Waals surface area contributed by atoms with Gasteiger partial charge < -0.3 is 14.4 Å². The molecule has 0 aromatic heterocycles. The molecule has 128 valence electrons. The van der Waals surface area contributed by atoms with Crippen molar-refractivity contribution in [2.24, 2.45) is 11.8 Å². The molecule has 0 saturated carbocycles. The molecular weight excluding hydrogens is 311 g/mol. The predicted molar refractivity (Wildman–Crippen MR) is 95.2 cm³/mol. The Morgan fingerprint density at radius 2 is 1.87 bits per heavy atom.